The molecule has 5 nitrogen and oxygen atoms in total. The highest BCUT2D eigenvalue weighted by Crippen LogP contribution is 2.44. The summed E-state index contributed by atoms with van der Waals surface area (Å²) in [6.07, 6.45) is -1.72. The monoisotopic (exact) mass is 390 g/mol. The number of fused-ring (bicyclic) bond motifs is 4. The number of pyridine rings is 1. The van der Waals surface area contributed by atoms with Gasteiger partial charge in [0.15, 0.2) is 0 Å². The Kier molecular flexibility index (Phi) is 4.22. The third kappa shape index (κ3) is 2.95. The van der Waals surface area contributed by atoms with Crippen LogP contribution in [0.5, 0.6) is 0 Å². The van der Waals surface area contributed by atoms with Gasteiger partial charge >= 0.3 is 12.2 Å². The summed E-state index contributed by atoms with van der Waals surface area (Å²) in [6, 6.07) is 5.08. The summed E-state index contributed by atoms with van der Waals surface area (Å²) in [5, 5.41) is 11.4. The fourth-order valence-corrected chi connectivity index (χ4v) is 4.07. The molecule has 2 bridgehead atoms. The number of hydrogen-bond acceptors (Lipinski definition) is 3. The van der Waals surface area contributed by atoms with E-state index in [4.69, 9.17) is 5.26 Å². The Morgan fingerprint density at radius 1 is 1.29 bits per heavy atom. The molecule has 1 aromatic heterocycles. The number of halogens is 4. The minimum absolute atomic E-state index is 0.0533. The fourth-order valence-electron chi connectivity index (χ4n) is 4.07. The van der Waals surface area contributed by atoms with Crippen molar-refractivity contribution in [1.82, 2.24) is 9.88 Å². The summed E-state index contributed by atoms with van der Waals surface area (Å²) in [6.45, 7) is 0. The van der Waals surface area contributed by atoms with Crippen molar-refractivity contribution in [1.29, 1.82) is 5.26 Å². The molecule has 1 N–H and O–H groups in total. The van der Waals surface area contributed by atoms with Gasteiger partial charge in [-0.1, -0.05) is 0 Å². The van der Waals surface area contributed by atoms with Crippen LogP contribution in [0.3, 0.4) is 0 Å². The van der Waals surface area contributed by atoms with E-state index in [0.717, 1.165) is 12.1 Å². The van der Waals surface area contributed by atoms with E-state index < -0.39 is 29.3 Å². The summed E-state index contributed by atoms with van der Waals surface area (Å²) < 4.78 is 53.4. The molecule has 0 aliphatic carbocycles. The lowest BCUT2D eigenvalue weighted by Crippen LogP contribution is -2.44. The van der Waals surface area contributed by atoms with E-state index in [0.29, 0.717) is 30.4 Å². The lowest BCUT2D eigenvalue weighted by atomic mass is 9.95. The molecule has 2 amide bonds. The molecule has 2 aromatic rings. The summed E-state index contributed by atoms with van der Waals surface area (Å²) in [7, 11) is 0. The number of benzene rings is 1. The van der Waals surface area contributed by atoms with E-state index in [2.05, 4.69) is 10.3 Å². The molecule has 2 atom stereocenters. The van der Waals surface area contributed by atoms with Gasteiger partial charge in [-0.25, -0.2) is 9.78 Å². The van der Waals surface area contributed by atoms with Gasteiger partial charge < -0.3 is 10.2 Å². The number of urea groups is 1. The van der Waals surface area contributed by atoms with Crippen molar-refractivity contribution in [3.8, 4) is 6.07 Å². The molecular formula is C19H14F4N4O. The third-order valence-electron chi connectivity index (χ3n) is 5.27. The Morgan fingerprint density at radius 3 is 2.79 bits per heavy atom. The Labute approximate surface area is 157 Å². The van der Waals surface area contributed by atoms with Gasteiger partial charge in [-0.05, 0) is 49.1 Å². The molecule has 28 heavy (non-hydrogen) atoms. The second kappa shape index (κ2) is 6.48. The molecule has 3 heterocycles. The molecule has 2 unspecified atom stereocenters. The Balaban J connectivity index is 1.61. The first-order valence-corrected chi connectivity index (χ1v) is 8.63. The van der Waals surface area contributed by atoms with E-state index in [1.54, 1.807) is 11.0 Å². The van der Waals surface area contributed by atoms with Gasteiger partial charge in [0.05, 0.1) is 23.2 Å². The summed E-state index contributed by atoms with van der Waals surface area (Å²) in [5.41, 5.74) is -0.486. The zero-order valence-corrected chi connectivity index (χ0v) is 14.4. The second-order valence-electron chi connectivity index (χ2n) is 6.83. The van der Waals surface area contributed by atoms with E-state index in [1.165, 1.54) is 18.3 Å². The summed E-state index contributed by atoms with van der Waals surface area (Å²) >= 11 is 0. The maximum atomic E-state index is 14.0. The first kappa shape index (κ1) is 18.2. The van der Waals surface area contributed by atoms with E-state index >= 15 is 0 Å². The number of nitrogens with one attached hydrogen (secondary N) is 1. The van der Waals surface area contributed by atoms with Gasteiger partial charge in [-0.15, -0.1) is 0 Å². The molecule has 9 heteroatoms. The van der Waals surface area contributed by atoms with Gasteiger partial charge in [0.25, 0.3) is 0 Å². The average Bonchev–Trinajstić information content (AvgIpc) is 2.97. The molecule has 0 saturated carbocycles. The molecule has 4 rings (SSSR count). The molecule has 2 aliphatic rings. The molecule has 1 aromatic carbocycles. The largest absolute Gasteiger partial charge is 0.417 e. The highest BCUT2D eigenvalue weighted by atomic mass is 19.4. The number of nitriles is 1. The van der Waals surface area contributed by atoms with Crippen molar-refractivity contribution in [3.05, 3.63) is 58.7 Å². The van der Waals surface area contributed by atoms with Crippen LogP contribution in [-0.4, -0.2) is 22.0 Å². The lowest BCUT2D eigenvalue weighted by molar-refractivity contribution is -0.137. The van der Waals surface area contributed by atoms with Crippen molar-refractivity contribution < 1.29 is 22.4 Å². The first-order valence-electron chi connectivity index (χ1n) is 8.63. The first-order chi connectivity index (χ1) is 13.3. The van der Waals surface area contributed by atoms with Crippen LogP contribution in [0.4, 0.5) is 28.0 Å². The van der Waals surface area contributed by atoms with Gasteiger partial charge in [0.2, 0.25) is 5.95 Å². The molecular weight excluding hydrogens is 376 g/mol. The third-order valence-corrected chi connectivity index (χ3v) is 5.27. The van der Waals surface area contributed by atoms with Crippen molar-refractivity contribution in [3.63, 3.8) is 0 Å². The minimum Gasteiger partial charge on any atom is -0.314 e. The highest BCUT2D eigenvalue weighted by molar-refractivity contribution is 5.90. The summed E-state index contributed by atoms with van der Waals surface area (Å²) in [5.74, 6) is -0.545. The van der Waals surface area contributed by atoms with Crippen LogP contribution in [0.2, 0.25) is 0 Å². The van der Waals surface area contributed by atoms with Crippen molar-refractivity contribution in [2.75, 3.05) is 5.32 Å². The Morgan fingerprint density at radius 2 is 2.07 bits per heavy atom. The predicted molar refractivity (Wildman–Crippen MR) is 90.7 cm³/mol. The van der Waals surface area contributed by atoms with Crippen molar-refractivity contribution >= 4 is 11.7 Å². The van der Waals surface area contributed by atoms with Crippen LogP contribution in [0.25, 0.3) is 0 Å². The van der Waals surface area contributed by atoms with Gasteiger partial charge in [0, 0.05) is 23.5 Å². The Bertz CT molecular complexity index is 998. The maximum absolute atomic E-state index is 14.0. The molecule has 144 valence electrons. The van der Waals surface area contributed by atoms with E-state index in [9.17, 15) is 22.4 Å². The molecule has 2 aliphatic heterocycles. The van der Waals surface area contributed by atoms with Crippen molar-refractivity contribution in [2.24, 2.45) is 0 Å². The zero-order chi connectivity index (χ0) is 20.1. The molecule has 1 fully saturated rings. The van der Waals surface area contributed by atoms with Gasteiger partial charge in [0.1, 0.15) is 0 Å². The number of nitrogens with zero attached hydrogens (tertiary/aromatic N) is 3. The van der Waals surface area contributed by atoms with Crippen molar-refractivity contribution in [2.45, 2.75) is 37.5 Å². The van der Waals surface area contributed by atoms with Crippen LogP contribution >= 0.6 is 0 Å². The number of carbonyl (C=O) groups is 1. The average molecular weight is 390 g/mol. The van der Waals surface area contributed by atoms with Crippen LogP contribution < -0.4 is 5.32 Å². The number of hydrogen-bond donors (Lipinski definition) is 1. The Hall–Kier alpha value is -3.15. The minimum atomic E-state index is -4.71. The maximum Gasteiger partial charge on any atom is 0.417 e. The normalized spacial score (nSPS) is 20.5. The van der Waals surface area contributed by atoms with E-state index in [-0.39, 0.29) is 17.8 Å². The van der Waals surface area contributed by atoms with Gasteiger partial charge in [-0.3, -0.25) is 0 Å². The van der Waals surface area contributed by atoms with E-state index in [1.807, 2.05) is 0 Å². The second-order valence-corrected chi connectivity index (χ2v) is 6.83. The predicted octanol–water partition coefficient (Wildman–Crippen LogP) is 4.40. The van der Waals surface area contributed by atoms with Crippen LogP contribution in [-0.2, 0) is 12.6 Å². The number of rotatable bonds is 1. The zero-order valence-electron chi connectivity index (χ0n) is 14.4. The quantitative estimate of drug-likeness (QED) is 0.580. The number of alkyl halides is 3. The standard InChI is InChI=1S/C19H14F4N4O/c20-17-14-8-12-3-4-16(13(14)5-6-25-17)27(12)18(28)26-11-2-1-10(9-24)15(7-11)19(21,22)23/h1-2,5-7,12,16H,3-4,8H2,(H,26,28). The number of amides is 2. The number of anilines is 1. The SMILES string of the molecule is N#Cc1ccc(NC(=O)N2C3CCC2c2ccnc(F)c2C3)cc1C(F)(F)F. The van der Waals surface area contributed by atoms with Crippen LogP contribution in [0.15, 0.2) is 30.5 Å². The molecule has 0 spiro atoms. The highest BCUT2D eigenvalue weighted by Gasteiger charge is 2.44. The molecule has 0 radical (unpaired) electrons. The smallest absolute Gasteiger partial charge is 0.314 e. The number of aromatic nitrogens is 1. The number of carbonyl (C=O) groups excluding carboxylic acids is 1. The topological polar surface area (TPSA) is 69.0 Å². The van der Waals surface area contributed by atoms with Gasteiger partial charge in [-0.2, -0.15) is 22.8 Å². The fraction of sp³-hybridized carbons (Fsp3) is 0.316. The lowest BCUT2D eigenvalue weighted by Gasteiger charge is -2.36. The van der Waals surface area contributed by atoms with Crippen LogP contribution in [0, 0.1) is 17.3 Å². The van der Waals surface area contributed by atoms with Crippen LogP contribution in [0.1, 0.15) is 41.1 Å². The summed E-state index contributed by atoms with van der Waals surface area (Å²) in [4.78, 5) is 18.0. The molecule has 1 saturated heterocycles.